The lowest BCUT2D eigenvalue weighted by Gasteiger charge is -2.16. The highest BCUT2D eigenvalue weighted by Gasteiger charge is 2.40. The van der Waals surface area contributed by atoms with Gasteiger partial charge in [0.1, 0.15) is 16.8 Å². The van der Waals surface area contributed by atoms with Crippen LogP contribution in [0.25, 0.3) is 0 Å². The van der Waals surface area contributed by atoms with Gasteiger partial charge in [-0.1, -0.05) is 49.0 Å². The van der Waals surface area contributed by atoms with Crippen LogP contribution in [0.5, 0.6) is 5.75 Å². The van der Waals surface area contributed by atoms with Crippen LogP contribution < -0.4 is 15.0 Å². The number of imide groups is 1. The number of nitrogens with one attached hydrogen (secondary N) is 1. The highest BCUT2D eigenvalue weighted by atomic mass is 32.2. The van der Waals surface area contributed by atoms with Crippen LogP contribution in [0, 0.1) is 5.82 Å². The molecule has 2 amide bonds. The van der Waals surface area contributed by atoms with Crippen molar-refractivity contribution in [1.82, 2.24) is 0 Å². The number of thioether (sulfide) groups is 1. The van der Waals surface area contributed by atoms with E-state index in [0.717, 1.165) is 12.0 Å². The van der Waals surface area contributed by atoms with E-state index in [1.807, 2.05) is 37.3 Å². The monoisotopic (exact) mass is 491 g/mol. The number of hydrogen-bond donors (Lipinski definition) is 1. The van der Waals surface area contributed by atoms with Crippen LogP contribution >= 0.6 is 11.8 Å². The number of halogens is 1. The van der Waals surface area contributed by atoms with Crippen molar-refractivity contribution in [1.29, 1.82) is 0 Å². The summed E-state index contributed by atoms with van der Waals surface area (Å²) in [5, 5.41) is 3.03. The van der Waals surface area contributed by atoms with Crippen molar-refractivity contribution in [2.24, 2.45) is 4.99 Å². The predicted octanol–water partition coefficient (Wildman–Crippen LogP) is 5.65. The molecule has 1 saturated heterocycles. The molecule has 1 aliphatic rings. The minimum Gasteiger partial charge on any atom is -0.494 e. The first-order valence-electron chi connectivity index (χ1n) is 11.4. The quantitative estimate of drug-likeness (QED) is 0.251. The predicted molar refractivity (Wildman–Crippen MR) is 138 cm³/mol. The summed E-state index contributed by atoms with van der Waals surface area (Å²) in [6, 6.07) is 22.6. The largest absolute Gasteiger partial charge is 0.494 e. The number of hydrogen-bond acceptors (Lipinski definition) is 5. The lowest BCUT2D eigenvalue weighted by atomic mass is 10.2. The molecule has 1 N–H and O–H groups in total. The Morgan fingerprint density at radius 3 is 2.46 bits per heavy atom. The van der Waals surface area contributed by atoms with Crippen LogP contribution in [0.1, 0.15) is 25.3 Å². The van der Waals surface area contributed by atoms with Gasteiger partial charge in [-0.2, -0.15) is 0 Å². The van der Waals surface area contributed by atoms with Crippen molar-refractivity contribution in [2.45, 2.75) is 31.6 Å². The Hall–Kier alpha value is -3.65. The Balaban J connectivity index is 1.50. The Morgan fingerprint density at radius 2 is 1.77 bits per heavy atom. The van der Waals surface area contributed by atoms with Gasteiger partial charge in [0.2, 0.25) is 11.8 Å². The van der Waals surface area contributed by atoms with E-state index < -0.39 is 5.25 Å². The van der Waals surface area contributed by atoms with Gasteiger partial charge in [-0.25, -0.2) is 9.29 Å². The lowest BCUT2D eigenvalue weighted by molar-refractivity contribution is -0.121. The smallest absolute Gasteiger partial charge is 0.247 e. The van der Waals surface area contributed by atoms with Gasteiger partial charge in [0.25, 0.3) is 0 Å². The molecular weight excluding hydrogens is 465 g/mol. The van der Waals surface area contributed by atoms with Gasteiger partial charge in [-0.3, -0.25) is 14.6 Å². The van der Waals surface area contributed by atoms with E-state index in [9.17, 15) is 14.0 Å². The number of benzene rings is 3. The van der Waals surface area contributed by atoms with Gasteiger partial charge in [0.05, 0.1) is 18.8 Å². The van der Waals surface area contributed by atoms with Gasteiger partial charge in [0.15, 0.2) is 5.17 Å². The molecule has 3 aromatic carbocycles. The second kappa shape index (κ2) is 11.7. The van der Waals surface area contributed by atoms with E-state index in [0.29, 0.717) is 35.4 Å². The van der Waals surface area contributed by atoms with Crippen molar-refractivity contribution in [3.05, 3.63) is 90.2 Å². The number of ether oxygens (including phenoxy) is 1. The number of anilines is 2. The van der Waals surface area contributed by atoms with E-state index >= 15 is 0 Å². The van der Waals surface area contributed by atoms with Gasteiger partial charge in [-0.05, 0) is 60.5 Å². The van der Waals surface area contributed by atoms with Crippen molar-refractivity contribution >= 4 is 40.1 Å². The first-order chi connectivity index (χ1) is 17.0. The fourth-order valence-corrected chi connectivity index (χ4v) is 4.54. The summed E-state index contributed by atoms with van der Waals surface area (Å²) in [6.45, 7) is 3.02. The SMILES string of the molecule is CCCOc1ccc(N2C(=O)C[C@@H](SC(=NCc3ccccc3)Nc3ccc(F)cc3)C2=O)cc1. The van der Waals surface area contributed by atoms with Gasteiger partial charge >= 0.3 is 0 Å². The molecule has 1 atom stereocenters. The topological polar surface area (TPSA) is 71.0 Å². The zero-order chi connectivity index (χ0) is 24.6. The maximum Gasteiger partial charge on any atom is 0.247 e. The van der Waals surface area contributed by atoms with Crippen LogP contribution in [0.4, 0.5) is 15.8 Å². The summed E-state index contributed by atoms with van der Waals surface area (Å²) in [7, 11) is 0. The normalized spacial score (nSPS) is 16.0. The minimum atomic E-state index is -0.624. The van der Waals surface area contributed by atoms with E-state index in [-0.39, 0.29) is 24.1 Å². The summed E-state index contributed by atoms with van der Waals surface area (Å²) in [4.78, 5) is 31.8. The number of carbonyl (C=O) groups is 2. The van der Waals surface area contributed by atoms with Crippen molar-refractivity contribution in [3.63, 3.8) is 0 Å². The lowest BCUT2D eigenvalue weighted by Crippen LogP contribution is -2.31. The number of nitrogens with zero attached hydrogens (tertiary/aromatic N) is 2. The molecule has 1 heterocycles. The summed E-state index contributed by atoms with van der Waals surface area (Å²) < 4.78 is 18.9. The highest BCUT2D eigenvalue weighted by molar-refractivity contribution is 8.15. The third kappa shape index (κ3) is 6.48. The molecule has 3 aromatic rings. The third-order valence-electron chi connectivity index (χ3n) is 5.27. The molecule has 0 radical (unpaired) electrons. The van der Waals surface area contributed by atoms with E-state index in [1.165, 1.54) is 28.8 Å². The molecule has 180 valence electrons. The molecule has 0 spiro atoms. The molecule has 0 aromatic heterocycles. The van der Waals surface area contributed by atoms with Crippen molar-refractivity contribution in [2.75, 3.05) is 16.8 Å². The van der Waals surface area contributed by atoms with Crippen LogP contribution in [0.2, 0.25) is 0 Å². The Bertz CT molecular complexity index is 1180. The maximum atomic E-state index is 13.3. The van der Waals surface area contributed by atoms with E-state index in [2.05, 4.69) is 10.3 Å². The molecule has 0 aliphatic carbocycles. The van der Waals surface area contributed by atoms with Crippen LogP contribution in [-0.2, 0) is 16.1 Å². The first-order valence-corrected chi connectivity index (χ1v) is 12.3. The molecule has 35 heavy (non-hydrogen) atoms. The number of amidine groups is 1. The number of aliphatic imine (C=N–C) groups is 1. The molecule has 0 saturated carbocycles. The molecule has 1 aliphatic heterocycles. The summed E-state index contributed by atoms with van der Waals surface area (Å²) in [5.74, 6) is -0.210. The fraction of sp³-hybridized carbons (Fsp3) is 0.222. The summed E-state index contributed by atoms with van der Waals surface area (Å²) >= 11 is 1.20. The Labute approximate surface area is 208 Å². The maximum absolute atomic E-state index is 13.3. The number of carbonyl (C=O) groups excluding carboxylic acids is 2. The molecule has 6 nitrogen and oxygen atoms in total. The Morgan fingerprint density at radius 1 is 1.06 bits per heavy atom. The molecular formula is C27H26FN3O3S. The van der Waals surface area contributed by atoms with Gasteiger partial charge in [-0.15, -0.1) is 0 Å². The van der Waals surface area contributed by atoms with Crippen LogP contribution in [0.15, 0.2) is 83.9 Å². The molecule has 0 unspecified atom stereocenters. The average molecular weight is 492 g/mol. The van der Waals surface area contributed by atoms with E-state index in [4.69, 9.17) is 4.74 Å². The molecule has 0 bridgehead atoms. The minimum absolute atomic E-state index is 0.0625. The zero-order valence-corrected chi connectivity index (χ0v) is 20.1. The standard InChI is InChI=1S/C27H26FN3O3S/c1-2-16-34-23-14-12-22(13-15-23)31-25(32)17-24(26(31)33)35-27(29-18-19-6-4-3-5-7-19)30-21-10-8-20(28)9-11-21/h3-15,24H,2,16-18H2,1H3,(H,29,30)/t24-/m1/s1. The third-order valence-corrected chi connectivity index (χ3v) is 6.38. The van der Waals surface area contributed by atoms with Crippen LogP contribution in [-0.4, -0.2) is 28.8 Å². The summed E-state index contributed by atoms with van der Waals surface area (Å²) in [5.41, 5.74) is 2.16. The van der Waals surface area contributed by atoms with Crippen LogP contribution in [0.3, 0.4) is 0 Å². The number of rotatable bonds is 8. The molecule has 8 heteroatoms. The summed E-state index contributed by atoms with van der Waals surface area (Å²) in [6.07, 6.45) is 0.955. The zero-order valence-electron chi connectivity index (χ0n) is 19.3. The fourth-order valence-electron chi connectivity index (χ4n) is 3.52. The molecule has 1 fully saturated rings. The first kappa shape index (κ1) is 24.5. The number of amides is 2. The molecule has 4 rings (SSSR count). The Kier molecular flexibility index (Phi) is 8.15. The second-order valence-corrected chi connectivity index (χ2v) is 9.15. The van der Waals surface area contributed by atoms with Gasteiger partial charge in [0, 0.05) is 12.1 Å². The highest BCUT2D eigenvalue weighted by Crippen LogP contribution is 2.32. The average Bonchev–Trinajstić information content (AvgIpc) is 3.16. The van der Waals surface area contributed by atoms with Crippen molar-refractivity contribution in [3.8, 4) is 5.75 Å². The van der Waals surface area contributed by atoms with Gasteiger partial charge < -0.3 is 10.1 Å². The second-order valence-electron chi connectivity index (χ2n) is 7.96. The van der Waals surface area contributed by atoms with E-state index in [1.54, 1.807) is 36.4 Å². The van der Waals surface area contributed by atoms with Crippen molar-refractivity contribution < 1.29 is 18.7 Å².